The molecule has 0 amide bonds. The summed E-state index contributed by atoms with van der Waals surface area (Å²) in [5, 5.41) is 1.08. The van der Waals surface area contributed by atoms with E-state index in [1.54, 1.807) is 12.1 Å². The van der Waals surface area contributed by atoms with Crippen molar-refractivity contribution in [3.63, 3.8) is 0 Å². The number of carbonyl (C=O) groups is 1. The second-order valence-electron chi connectivity index (χ2n) is 4.45. The van der Waals surface area contributed by atoms with E-state index in [2.05, 4.69) is 4.98 Å². The minimum atomic E-state index is -0.279. The molecule has 0 atom stereocenters. The van der Waals surface area contributed by atoms with Crippen molar-refractivity contribution in [2.24, 2.45) is 5.92 Å². The normalized spacial score (nSPS) is 15.0. The van der Waals surface area contributed by atoms with Crippen molar-refractivity contribution in [3.05, 3.63) is 44.2 Å². The molecule has 1 N–H and O–H groups in total. The summed E-state index contributed by atoms with van der Waals surface area (Å²) in [7, 11) is 0. The second kappa shape index (κ2) is 4.11. The van der Waals surface area contributed by atoms with Crippen LogP contribution in [0.2, 0.25) is 10.0 Å². The summed E-state index contributed by atoms with van der Waals surface area (Å²) >= 11 is 11.9. The first-order chi connectivity index (χ1) is 8.59. The zero-order chi connectivity index (χ0) is 12.9. The molecule has 3 rings (SSSR count). The Balaban J connectivity index is 2.26. The van der Waals surface area contributed by atoms with Gasteiger partial charge in [0.05, 0.1) is 21.1 Å². The standard InChI is InChI=1S/C13H9Cl2NO2/c14-9-4-3-7-11(10(9)15)16-5-8(13(7)18)12(17)6-1-2-6/h3-6H,1-2H2,(H,16,18). The molecule has 2 aromatic rings. The summed E-state index contributed by atoms with van der Waals surface area (Å²) in [5.41, 5.74) is 0.407. The van der Waals surface area contributed by atoms with Crippen LogP contribution >= 0.6 is 23.2 Å². The smallest absolute Gasteiger partial charge is 0.200 e. The average Bonchev–Trinajstić information content (AvgIpc) is 3.18. The van der Waals surface area contributed by atoms with Crippen molar-refractivity contribution < 1.29 is 4.79 Å². The van der Waals surface area contributed by atoms with Crippen LogP contribution in [-0.2, 0) is 0 Å². The van der Waals surface area contributed by atoms with Crippen LogP contribution in [0, 0.1) is 5.92 Å². The highest BCUT2D eigenvalue weighted by atomic mass is 35.5. The van der Waals surface area contributed by atoms with Gasteiger partial charge in [-0.05, 0) is 25.0 Å². The van der Waals surface area contributed by atoms with Crippen molar-refractivity contribution in [1.29, 1.82) is 0 Å². The molecule has 0 saturated heterocycles. The van der Waals surface area contributed by atoms with Gasteiger partial charge in [-0.15, -0.1) is 0 Å². The lowest BCUT2D eigenvalue weighted by Crippen LogP contribution is -2.17. The van der Waals surface area contributed by atoms with Crippen LogP contribution in [0.3, 0.4) is 0 Å². The van der Waals surface area contributed by atoms with Crippen molar-refractivity contribution in [3.8, 4) is 0 Å². The van der Waals surface area contributed by atoms with Crippen molar-refractivity contribution in [1.82, 2.24) is 4.98 Å². The van der Waals surface area contributed by atoms with Crippen LogP contribution in [0.15, 0.2) is 23.1 Å². The maximum absolute atomic E-state index is 12.2. The number of Topliss-reactive ketones (excluding diaryl/α,β-unsaturated/α-hetero) is 1. The molecule has 1 heterocycles. The Hall–Kier alpha value is -1.32. The first-order valence-electron chi connectivity index (χ1n) is 5.63. The number of aromatic nitrogens is 1. The van der Waals surface area contributed by atoms with E-state index in [1.807, 2.05) is 0 Å². The third-order valence-corrected chi connectivity index (χ3v) is 3.96. The number of pyridine rings is 1. The third kappa shape index (κ3) is 1.74. The van der Waals surface area contributed by atoms with Crippen molar-refractivity contribution in [2.45, 2.75) is 12.8 Å². The number of hydrogen-bond donors (Lipinski definition) is 1. The predicted molar refractivity (Wildman–Crippen MR) is 71.6 cm³/mol. The molecule has 0 aliphatic heterocycles. The van der Waals surface area contributed by atoms with Crippen LogP contribution in [0.5, 0.6) is 0 Å². The Bertz CT molecular complexity index is 717. The van der Waals surface area contributed by atoms with E-state index >= 15 is 0 Å². The molecular formula is C13H9Cl2NO2. The van der Waals surface area contributed by atoms with E-state index in [4.69, 9.17) is 23.2 Å². The Kier molecular flexibility index (Phi) is 2.68. The monoisotopic (exact) mass is 281 g/mol. The average molecular weight is 282 g/mol. The summed E-state index contributed by atoms with van der Waals surface area (Å²) < 4.78 is 0. The molecule has 1 aromatic carbocycles. The maximum atomic E-state index is 12.2. The van der Waals surface area contributed by atoms with E-state index in [0.29, 0.717) is 20.9 Å². The molecule has 3 nitrogen and oxygen atoms in total. The van der Waals surface area contributed by atoms with Gasteiger partial charge in [-0.3, -0.25) is 9.59 Å². The Morgan fingerprint density at radius 1 is 1.28 bits per heavy atom. The molecule has 1 fully saturated rings. The molecular weight excluding hydrogens is 273 g/mol. The summed E-state index contributed by atoms with van der Waals surface area (Å²) in [4.78, 5) is 27.1. The molecule has 0 radical (unpaired) electrons. The van der Waals surface area contributed by atoms with E-state index in [0.717, 1.165) is 12.8 Å². The van der Waals surface area contributed by atoms with E-state index in [-0.39, 0.29) is 22.7 Å². The summed E-state index contributed by atoms with van der Waals surface area (Å²) in [6.45, 7) is 0. The number of fused-ring (bicyclic) bond motifs is 1. The number of hydrogen-bond acceptors (Lipinski definition) is 2. The SMILES string of the molecule is O=C(c1c[nH]c2c(Cl)c(Cl)ccc2c1=O)C1CC1. The quantitative estimate of drug-likeness (QED) is 0.858. The highest BCUT2D eigenvalue weighted by molar-refractivity contribution is 6.45. The molecule has 1 aliphatic rings. The lowest BCUT2D eigenvalue weighted by molar-refractivity contribution is 0.0966. The van der Waals surface area contributed by atoms with Crippen LogP contribution < -0.4 is 5.43 Å². The lowest BCUT2D eigenvalue weighted by atomic mass is 10.1. The maximum Gasteiger partial charge on any atom is 0.200 e. The number of aromatic amines is 1. The molecule has 1 aliphatic carbocycles. The van der Waals surface area contributed by atoms with E-state index in [9.17, 15) is 9.59 Å². The third-order valence-electron chi connectivity index (χ3n) is 3.16. The van der Waals surface area contributed by atoms with Crippen LogP contribution in [0.25, 0.3) is 10.9 Å². The zero-order valence-corrected chi connectivity index (χ0v) is 10.8. The van der Waals surface area contributed by atoms with Crippen molar-refractivity contribution in [2.75, 3.05) is 0 Å². The molecule has 0 unspecified atom stereocenters. The molecule has 1 saturated carbocycles. The fourth-order valence-corrected chi connectivity index (χ4v) is 2.36. The van der Waals surface area contributed by atoms with Gasteiger partial charge in [0.25, 0.3) is 0 Å². The second-order valence-corrected chi connectivity index (χ2v) is 5.24. The van der Waals surface area contributed by atoms with Gasteiger partial charge >= 0.3 is 0 Å². The number of nitrogens with one attached hydrogen (secondary N) is 1. The number of rotatable bonds is 2. The topological polar surface area (TPSA) is 49.9 Å². The van der Waals surface area contributed by atoms with Gasteiger partial charge in [0.15, 0.2) is 11.2 Å². The van der Waals surface area contributed by atoms with Gasteiger partial charge in [0.2, 0.25) is 0 Å². The van der Waals surface area contributed by atoms with Crippen LogP contribution in [-0.4, -0.2) is 10.8 Å². The molecule has 5 heteroatoms. The van der Waals surface area contributed by atoms with Gasteiger partial charge < -0.3 is 4.98 Å². The molecule has 18 heavy (non-hydrogen) atoms. The first-order valence-corrected chi connectivity index (χ1v) is 6.39. The number of carbonyl (C=O) groups excluding carboxylic acids is 1. The number of halogens is 2. The molecule has 92 valence electrons. The largest absolute Gasteiger partial charge is 0.359 e. The predicted octanol–water partition coefficient (Wildman–Crippen LogP) is 3.43. The summed E-state index contributed by atoms with van der Waals surface area (Å²) in [6.07, 6.45) is 3.18. The van der Waals surface area contributed by atoms with E-state index < -0.39 is 0 Å². The summed E-state index contributed by atoms with van der Waals surface area (Å²) in [6, 6.07) is 3.15. The Labute approximate surface area is 113 Å². The number of ketones is 1. The van der Waals surface area contributed by atoms with Gasteiger partial charge in [-0.1, -0.05) is 23.2 Å². The fraction of sp³-hybridized carbons (Fsp3) is 0.231. The van der Waals surface area contributed by atoms with Crippen LogP contribution in [0.1, 0.15) is 23.2 Å². The van der Waals surface area contributed by atoms with Gasteiger partial charge in [-0.25, -0.2) is 0 Å². The lowest BCUT2D eigenvalue weighted by Gasteiger charge is -2.04. The minimum absolute atomic E-state index is 0.0197. The summed E-state index contributed by atoms with van der Waals surface area (Å²) in [5.74, 6) is -0.0597. The molecule has 0 spiro atoms. The first kappa shape index (κ1) is 11.8. The number of benzene rings is 1. The van der Waals surface area contributed by atoms with Gasteiger partial charge in [0.1, 0.15) is 0 Å². The van der Waals surface area contributed by atoms with E-state index in [1.165, 1.54) is 6.20 Å². The number of H-pyrrole nitrogens is 1. The minimum Gasteiger partial charge on any atom is -0.359 e. The van der Waals surface area contributed by atoms with Gasteiger partial charge in [-0.2, -0.15) is 0 Å². The Morgan fingerprint density at radius 2 is 2.00 bits per heavy atom. The van der Waals surface area contributed by atoms with Gasteiger partial charge in [0, 0.05) is 17.5 Å². The fourth-order valence-electron chi connectivity index (χ4n) is 1.98. The Morgan fingerprint density at radius 3 is 2.67 bits per heavy atom. The zero-order valence-electron chi connectivity index (χ0n) is 9.30. The van der Waals surface area contributed by atoms with Crippen LogP contribution in [0.4, 0.5) is 0 Å². The molecule has 1 aromatic heterocycles. The highest BCUT2D eigenvalue weighted by Crippen LogP contribution is 2.33. The van der Waals surface area contributed by atoms with Crippen molar-refractivity contribution >= 4 is 39.9 Å². The molecule has 0 bridgehead atoms. The highest BCUT2D eigenvalue weighted by Gasteiger charge is 2.32.